The summed E-state index contributed by atoms with van der Waals surface area (Å²) >= 11 is 5.89. The third-order valence-corrected chi connectivity index (χ3v) is 6.28. The molecule has 0 bridgehead atoms. The van der Waals surface area contributed by atoms with Crippen molar-refractivity contribution in [2.45, 2.75) is 12.5 Å². The number of benzene rings is 4. The highest BCUT2D eigenvalue weighted by Gasteiger charge is 2.31. The second-order valence-corrected chi connectivity index (χ2v) is 8.91. The van der Waals surface area contributed by atoms with Gasteiger partial charge in [0.05, 0.1) is 11.5 Å². The van der Waals surface area contributed by atoms with Crippen LogP contribution in [0.1, 0.15) is 33.0 Å². The number of nitrogens with two attached hydrogens (primary N) is 1. The molecule has 6 nitrogen and oxygen atoms in total. The number of nitriles is 1. The highest BCUT2D eigenvalue weighted by Crippen LogP contribution is 2.44. The van der Waals surface area contributed by atoms with Crippen molar-refractivity contribution in [2.75, 3.05) is 0 Å². The van der Waals surface area contributed by atoms with Crippen LogP contribution in [0.25, 0.3) is 0 Å². The van der Waals surface area contributed by atoms with E-state index in [0.717, 1.165) is 5.56 Å². The molecule has 0 saturated carbocycles. The first-order chi connectivity index (χ1) is 18.4. The van der Waals surface area contributed by atoms with Gasteiger partial charge >= 0.3 is 5.97 Å². The van der Waals surface area contributed by atoms with E-state index in [2.05, 4.69) is 6.07 Å². The van der Waals surface area contributed by atoms with E-state index in [1.807, 2.05) is 6.07 Å². The van der Waals surface area contributed by atoms with E-state index in [4.69, 9.17) is 31.5 Å². The molecular weight excluding hydrogens is 507 g/mol. The van der Waals surface area contributed by atoms with Crippen molar-refractivity contribution in [3.05, 3.63) is 136 Å². The summed E-state index contributed by atoms with van der Waals surface area (Å²) in [5.41, 5.74) is 8.50. The second kappa shape index (κ2) is 10.7. The first kappa shape index (κ1) is 24.9. The standard InChI is InChI=1S/C30H20ClFN2O4/c31-21-10-8-18(9-11-21)30(35)37-23-12-13-24-27(15-23)38-29(34)25(16-33)28(24)19-5-3-6-22(14-19)36-17-20-4-1-2-7-26(20)32/h1-15,28H,17,34H2. The Bertz CT molecular complexity index is 1590. The minimum absolute atomic E-state index is 0.0475. The fraction of sp³-hybridized carbons (Fsp3) is 0.0667. The van der Waals surface area contributed by atoms with Crippen LogP contribution in [-0.4, -0.2) is 5.97 Å². The molecule has 5 rings (SSSR count). The summed E-state index contributed by atoms with van der Waals surface area (Å²) in [6.07, 6.45) is 0. The number of nitrogens with zero attached hydrogens (tertiary/aromatic N) is 1. The molecule has 188 valence electrons. The predicted octanol–water partition coefficient (Wildman–Crippen LogP) is 6.50. The van der Waals surface area contributed by atoms with Gasteiger partial charge in [-0.3, -0.25) is 0 Å². The summed E-state index contributed by atoms with van der Waals surface area (Å²) in [4.78, 5) is 12.5. The fourth-order valence-corrected chi connectivity index (χ4v) is 4.28. The van der Waals surface area contributed by atoms with Crippen LogP contribution in [0.15, 0.2) is 102 Å². The molecule has 0 fully saturated rings. The number of hydrogen-bond donors (Lipinski definition) is 1. The van der Waals surface area contributed by atoms with Crippen LogP contribution in [0.5, 0.6) is 17.2 Å². The van der Waals surface area contributed by atoms with Gasteiger partial charge < -0.3 is 19.9 Å². The Kier molecular flexibility index (Phi) is 6.98. The summed E-state index contributed by atoms with van der Waals surface area (Å²) in [5, 5.41) is 10.4. The van der Waals surface area contributed by atoms with Crippen molar-refractivity contribution < 1.29 is 23.4 Å². The molecule has 0 amide bonds. The van der Waals surface area contributed by atoms with Crippen LogP contribution >= 0.6 is 11.6 Å². The van der Waals surface area contributed by atoms with Gasteiger partial charge in [0, 0.05) is 22.2 Å². The van der Waals surface area contributed by atoms with E-state index < -0.39 is 11.9 Å². The molecule has 1 atom stereocenters. The maximum absolute atomic E-state index is 14.0. The van der Waals surface area contributed by atoms with Crippen LogP contribution in [0, 0.1) is 17.1 Å². The zero-order chi connectivity index (χ0) is 26.6. The number of rotatable bonds is 6. The Morgan fingerprint density at radius 2 is 1.79 bits per heavy atom. The lowest BCUT2D eigenvalue weighted by atomic mass is 9.83. The van der Waals surface area contributed by atoms with Gasteiger partial charge in [-0.2, -0.15) is 5.26 Å². The summed E-state index contributed by atoms with van der Waals surface area (Å²) in [6, 6.07) is 26.9. The minimum Gasteiger partial charge on any atom is -0.489 e. The molecule has 0 aliphatic carbocycles. The Balaban J connectivity index is 1.42. The van der Waals surface area contributed by atoms with Crippen molar-refractivity contribution in [2.24, 2.45) is 5.73 Å². The lowest BCUT2D eigenvalue weighted by Gasteiger charge is -2.27. The summed E-state index contributed by atoms with van der Waals surface area (Å²) in [6.45, 7) is 0.0475. The van der Waals surface area contributed by atoms with Gasteiger partial charge in [0.25, 0.3) is 0 Å². The van der Waals surface area contributed by atoms with Gasteiger partial charge in [0.1, 0.15) is 41.3 Å². The molecule has 1 heterocycles. The molecular formula is C30H20ClFN2O4. The van der Waals surface area contributed by atoms with E-state index in [-0.39, 0.29) is 29.6 Å². The van der Waals surface area contributed by atoms with Crippen molar-refractivity contribution in [3.63, 3.8) is 0 Å². The third kappa shape index (κ3) is 5.17. The Morgan fingerprint density at radius 3 is 2.55 bits per heavy atom. The summed E-state index contributed by atoms with van der Waals surface area (Å²) in [5.74, 6) is -0.413. The number of allylic oxidation sites excluding steroid dienone is 1. The molecule has 4 aromatic carbocycles. The van der Waals surface area contributed by atoms with Crippen molar-refractivity contribution in [1.29, 1.82) is 5.26 Å². The molecule has 0 spiro atoms. The molecule has 8 heteroatoms. The maximum atomic E-state index is 14.0. The number of carbonyl (C=O) groups is 1. The fourth-order valence-electron chi connectivity index (χ4n) is 4.15. The van der Waals surface area contributed by atoms with E-state index in [1.54, 1.807) is 78.9 Å². The van der Waals surface area contributed by atoms with E-state index in [0.29, 0.717) is 33.2 Å². The van der Waals surface area contributed by atoms with Crippen molar-refractivity contribution in [1.82, 2.24) is 0 Å². The monoisotopic (exact) mass is 526 g/mol. The number of ether oxygens (including phenoxy) is 3. The van der Waals surface area contributed by atoms with Crippen LogP contribution in [0.3, 0.4) is 0 Å². The van der Waals surface area contributed by atoms with Gasteiger partial charge in [-0.1, -0.05) is 48.0 Å². The quantitative estimate of drug-likeness (QED) is 0.228. The number of carbonyl (C=O) groups excluding carboxylic acids is 1. The largest absolute Gasteiger partial charge is 0.489 e. The first-order valence-electron chi connectivity index (χ1n) is 11.6. The molecule has 38 heavy (non-hydrogen) atoms. The van der Waals surface area contributed by atoms with E-state index in [1.165, 1.54) is 6.07 Å². The van der Waals surface area contributed by atoms with Crippen LogP contribution < -0.4 is 19.9 Å². The first-order valence-corrected chi connectivity index (χ1v) is 12.0. The van der Waals surface area contributed by atoms with Crippen molar-refractivity contribution >= 4 is 17.6 Å². The van der Waals surface area contributed by atoms with Crippen LogP contribution in [0.4, 0.5) is 4.39 Å². The number of esters is 1. The molecule has 2 N–H and O–H groups in total. The van der Waals surface area contributed by atoms with Gasteiger partial charge in [-0.05, 0) is 54.1 Å². The van der Waals surface area contributed by atoms with E-state index in [9.17, 15) is 14.4 Å². The molecule has 0 radical (unpaired) electrons. The van der Waals surface area contributed by atoms with Gasteiger partial charge in [-0.15, -0.1) is 0 Å². The highest BCUT2D eigenvalue weighted by atomic mass is 35.5. The van der Waals surface area contributed by atoms with Gasteiger partial charge in [0.2, 0.25) is 5.88 Å². The average molecular weight is 527 g/mol. The van der Waals surface area contributed by atoms with Crippen LogP contribution in [0.2, 0.25) is 5.02 Å². The molecule has 1 unspecified atom stereocenters. The van der Waals surface area contributed by atoms with E-state index >= 15 is 0 Å². The second-order valence-electron chi connectivity index (χ2n) is 8.47. The average Bonchev–Trinajstić information content (AvgIpc) is 2.92. The summed E-state index contributed by atoms with van der Waals surface area (Å²) in [7, 11) is 0. The molecule has 0 aromatic heterocycles. The lowest BCUT2D eigenvalue weighted by molar-refractivity contribution is 0.0734. The molecule has 4 aromatic rings. The molecule has 0 saturated heterocycles. The third-order valence-electron chi connectivity index (χ3n) is 6.02. The lowest BCUT2D eigenvalue weighted by Crippen LogP contribution is -2.21. The maximum Gasteiger partial charge on any atom is 0.343 e. The normalized spacial score (nSPS) is 14.2. The van der Waals surface area contributed by atoms with Gasteiger partial charge in [0.15, 0.2) is 0 Å². The number of hydrogen-bond acceptors (Lipinski definition) is 6. The zero-order valence-electron chi connectivity index (χ0n) is 19.9. The minimum atomic E-state index is -0.560. The predicted molar refractivity (Wildman–Crippen MR) is 139 cm³/mol. The highest BCUT2D eigenvalue weighted by molar-refractivity contribution is 6.30. The Morgan fingerprint density at radius 1 is 1.00 bits per heavy atom. The zero-order valence-corrected chi connectivity index (χ0v) is 20.6. The Labute approximate surface area is 223 Å². The summed E-state index contributed by atoms with van der Waals surface area (Å²) < 4.78 is 31.1. The smallest absolute Gasteiger partial charge is 0.343 e. The molecule has 1 aliphatic rings. The van der Waals surface area contributed by atoms with Crippen LogP contribution in [-0.2, 0) is 6.61 Å². The molecule has 1 aliphatic heterocycles. The Hall–Kier alpha value is -4.80. The number of fused-ring (bicyclic) bond motifs is 1. The SMILES string of the molecule is N#CC1=C(N)Oc2cc(OC(=O)c3ccc(Cl)cc3)ccc2C1c1cccc(OCc2ccccc2F)c1. The van der Waals surface area contributed by atoms with Gasteiger partial charge in [-0.25, -0.2) is 9.18 Å². The number of halogens is 2. The topological polar surface area (TPSA) is 94.6 Å². The van der Waals surface area contributed by atoms with Crippen molar-refractivity contribution in [3.8, 4) is 23.3 Å².